The molecule has 0 amide bonds. The zero-order valence-electron chi connectivity index (χ0n) is 8.67. The average molecular weight is 233 g/mol. The van der Waals surface area contributed by atoms with Crippen LogP contribution in [0.25, 0.3) is 0 Å². The van der Waals surface area contributed by atoms with Crippen LogP contribution in [0.2, 0.25) is 0 Å². The van der Waals surface area contributed by atoms with Gasteiger partial charge in [-0.15, -0.1) is 0 Å². The normalized spacial score (nSPS) is 20.3. The Hall–Kier alpha value is 0.220. The van der Waals surface area contributed by atoms with Crippen molar-refractivity contribution in [2.24, 2.45) is 5.92 Å². The van der Waals surface area contributed by atoms with Gasteiger partial charge in [-0.3, -0.25) is 4.90 Å². The number of alkyl halides is 3. The van der Waals surface area contributed by atoms with E-state index in [9.17, 15) is 23.1 Å². The van der Waals surface area contributed by atoms with E-state index in [2.05, 4.69) is 0 Å². The summed E-state index contributed by atoms with van der Waals surface area (Å²) in [5.74, 6) is -1.39. The van der Waals surface area contributed by atoms with Crippen molar-refractivity contribution in [2.75, 3.05) is 13.1 Å². The van der Waals surface area contributed by atoms with E-state index < -0.39 is 18.2 Å². The summed E-state index contributed by atoms with van der Waals surface area (Å²) in [6, 6.07) is -1.49. The first-order valence-corrected chi connectivity index (χ1v) is 4.31. The summed E-state index contributed by atoms with van der Waals surface area (Å²) >= 11 is 0. The summed E-state index contributed by atoms with van der Waals surface area (Å²) in [6.45, 7) is 1.46. The monoisotopic (exact) mass is 233 g/mol. The molecule has 0 saturated carbocycles. The van der Waals surface area contributed by atoms with Gasteiger partial charge in [0.05, 0.1) is 0 Å². The van der Waals surface area contributed by atoms with Crippen LogP contribution in [0, 0.1) is 5.92 Å². The largest absolute Gasteiger partial charge is 1.00 e. The van der Waals surface area contributed by atoms with Gasteiger partial charge in [-0.05, 0) is 19.3 Å². The van der Waals surface area contributed by atoms with Crippen molar-refractivity contribution in [3.63, 3.8) is 0 Å². The molecule has 7 heteroatoms. The molecular formula is C8H11F3NNaO2. The van der Waals surface area contributed by atoms with Gasteiger partial charge >= 0.3 is 35.7 Å². The van der Waals surface area contributed by atoms with Crippen LogP contribution in [0.1, 0.15) is 13.3 Å². The smallest absolute Gasteiger partial charge is 0.550 e. The quantitative estimate of drug-likeness (QED) is 0.488. The molecule has 0 radical (unpaired) electrons. The van der Waals surface area contributed by atoms with Crippen molar-refractivity contribution in [3.05, 3.63) is 0 Å². The van der Waals surface area contributed by atoms with Gasteiger partial charge in [0.25, 0.3) is 0 Å². The van der Waals surface area contributed by atoms with Crippen LogP contribution in [0.5, 0.6) is 0 Å². The number of carbonyl (C=O) groups is 1. The van der Waals surface area contributed by atoms with Gasteiger partial charge in [0.1, 0.15) is 6.04 Å². The van der Waals surface area contributed by atoms with Gasteiger partial charge < -0.3 is 9.90 Å². The molecule has 1 aliphatic heterocycles. The predicted molar refractivity (Wildman–Crippen MR) is 40.2 cm³/mol. The minimum atomic E-state index is -4.23. The minimum absolute atomic E-state index is 0. The van der Waals surface area contributed by atoms with Crippen molar-refractivity contribution in [3.8, 4) is 0 Å². The number of carbonyl (C=O) groups excluding carboxylic acids is 1. The molecule has 1 aliphatic rings. The van der Waals surface area contributed by atoms with Crippen LogP contribution >= 0.6 is 0 Å². The standard InChI is InChI=1S/C8H12F3NO2.Na/c1-5(8(9,10)11)12-3-6(4-12)2-7(13)14;/h5-6H,2-4H2,1H3,(H,13,14);/q;+1/p-1. The second kappa shape index (κ2) is 5.52. The Labute approximate surface area is 108 Å². The number of carboxylic acid groups (broad SMARTS) is 1. The van der Waals surface area contributed by atoms with Crippen LogP contribution in [0.4, 0.5) is 13.2 Å². The van der Waals surface area contributed by atoms with Crippen molar-refractivity contribution in [2.45, 2.75) is 25.6 Å². The molecule has 0 bridgehead atoms. The molecule has 1 fully saturated rings. The van der Waals surface area contributed by atoms with E-state index in [1.54, 1.807) is 0 Å². The first-order valence-electron chi connectivity index (χ1n) is 4.31. The van der Waals surface area contributed by atoms with E-state index in [1.807, 2.05) is 0 Å². The Morgan fingerprint density at radius 2 is 2.00 bits per heavy atom. The summed E-state index contributed by atoms with van der Waals surface area (Å²) in [5, 5.41) is 10.1. The van der Waals surface area contributed by atoms with Crippen LogP contribution < -0.4 is 34.7 Å². The molecule has 1 heterocycles. The first-order chi connectivity index (χ1) is 6.30. The molecule has 15 heavy (non-hydrogen) atoms. The molecule has 1 saturated heterocycles. The summed E-state index contributed by atoms with van der Waals surface area (Å²) in [4.78, 5) is 11.3. The van der Waals surface area contributed by atoms with Crippen LogP contribution in [-0.2, 0) is 4.79 Å². The summed E-state index contributed by atoms with van der Waals surface area (Å²) in [5.41, 5.74) is 0. The van der Waals surface area contributed by atoms with Crippen molar-refractivity contribution < 1.29 is 52.6 Å². The molecule has 0 aromatic carbocycles. The third-order valence-electron chi connectivity index (χ3n) is 2.46. The fourth-order valence-corrected chi connectivity index (χ4v) is 1.50. The maximum Gasteiger partial charge on any atom is 1.00 e. The number of hydrogen-bond acceptors (Lipinski definition) is 3. The molecule has 0 N–H and O–H groups in total. The topological polar surface area (TPSA) is 43.4 Å². The van der Waals surface area contributed by atoms with Gasteiger partial charge in [0, 0.05) is 19.1 Å². The van der Waals surface area contributed by atoms with E-state index in [4.69, 9.17) is 0 Å². The minimum Gasteiger partial charge on any atom is -0.550 e. The number of rotatable bonds is 3. The number of likely N-dealkylation sites (tertiary alicyclic amines) is 1. The predicted octanol–water partition coefficient (Wildman–Crippen LogP) is -2.99. The molecule has 0 aromatic heterocycles. The summed E-state index contributed by atoms with van der Waals surface area (Å²) in [7, 11) is 0. The maximum absolute atomic E-state index is 12.1. The average Bonchev–Trinajstić information content (AvgIpc) is 1.92. The van der Waals surface area contributed by atoms with Crippen molar-refractivity contribution in [1.82, 2.24) is 4.90 Å². The number of aliphatic carboxylic acids is 1. The van der Waals surface area contributed by atoms with Crippen molar-refractivity contribution in [1.29, 1.82) is 0 Å². The molecule has 1 rings (SSSR count). The Morgan fingerprint density at radius 1 is 1.53 bits per heavy atom. The second-order valence-corrected chi connectivity index (χ2v) is 3.61. The molecular weight excluding hydrogens is 222 g/mol. The van der Waals surface area contributed by atoms with Crippen LogP contribution in [0.3, 0.4) is 0 Å². The van der Waals surface area contributed by atoms with E-state index in [0.717, 1.165) is 6.92 Å². The Morgan fingerprint density at radius 3 is 2.33 bits per heavy atom. The number of nitrogens with zero attached hydrogens (tertiary/aromatic N) is 1. The zero-order valence-corrected chi connectivity index (χ0v) is 10.7. The summed E-state index contributed by atoms with van der Waals surface area (Å²) < 4.78 is 36.4. The second-order valence-electron chi connectivity index (χ2n) is 3.61. The van der Waals surface area contributed by atoms with E-state index in [1.165, 1.54) is 4.90 Å². The molecule has 3 nitrogen and oxygen atoms in total. The van der Waals surface area contributed by atoms with Gasteiger partial charge in [-0.25, -0.2) is 0 Å². The fraction of sp³-hybridized carbons (Fsp3) is 0.875. The molecule has 0 spiro atoms. The van der Waals surface area contributed by atoms with Gasteiger partial charge in [-0.1, -0.05) is 0 Å². The third-order valence-corrected chi connectivity index (χ3v) is 2.46. The summed E-state index contributed by atoms with van der Waals surface area (Å²) in [6.07, 6.45) is -4.38. The Kier molecular flexibility index (Phi) is 5.60. The molecule has 1 unspecified atom stereocenters. The third kappa shape index (κ3) is 4.30. The van der Waals surface area contributed by atoms with Crippen molar-refractivity contribution >= 4 is 5.97 Å². The van der Waals surface area contributed by atoms with Gasteiger partial charge in [0.15, 0.2) is 0 Å². The number of halogens is 3. The van der Waals surface area contributed by atoms with E-state index >= 15 is 0 Å². The number of hydrogen-bond donors (Lipinski definition) is 0. The van der Waals surface area contributed by atoms with E-state index in [0.29, 0.717) is 0 Å². The Balaban J connectivity index is 0.00000196. The first kappa shape index (κ1) is 15.2. The molecule has 0 aromatic rings. The van der Waals surface area contributed by atoms with Gasteiger partial charge in [-0.2, -0.15) is 13.2 Å². The number of carboxylic acids is 1. The fourth-order valence-electron chi connectivity index (χ4n) is 1.50. The van der Waals surface area contributed by atoms with Crippen LogP contribution in [0.15, 0.2) is 0 Å². The van der Waals surface area contributed by atoms with Gasteiger partial charge in [0.2, 0.25) is 0 Å². The zero-order chi connectivity index (χ0) is 10.9. The molecule has 0 aliphatic carbocycles. The molecule has 82 valence electrons. The van der Waals surface area contributed by atoms with E-state index in [-0.39, 0.29) is 55.0 Å². The Bertz CT molecular complexity index is 228. The van der Waals surface area contributed by atoms with Crippen LogP contribution in [-0.4, -0.2) is 36.2 Å². The SMILES string of the molecule is CC(N1CC(CC(=O)[O-])C1)C(F)(F)F.[Na+]. The molecule has 1 atom stereocenters. The maximum atomic E-state index is 12.1.